The fraction of sp³-hybridized carbons (Fsp3) is 0.667. The lowest BCUT2D eigenvalue weighted by Gasteiger charge is -2.43. The first-order valence-electron chi connectivity index (χ1n) is 7.62. The first kappa shape index (κ1) is 21.4. The quantitative estimate of drug-likeness (QED) is 0.432. The molecule has 0 aromatic heterocycles. The molecule has 1 aliphatic heterocycles. The monoisotopic (exact) mass is 375 g/mol. The van der Waals surface area contributed by atoms with Gasteiger partial charge >= 0.3 is 23.9 Å². The van der Waals surface area contributed by atoms with Crippen LogP contribution in [0.15, 0.2) is 0 Å². The lowest BCUT2D eigenvalue weighted by molar-refractivity contribution is -0.248. The summed E-state index contributed by atoms with van der Waals surface area (Å²) in [5, 5.41) is 0. The van der Waals surface area contributed by atoms with Crippen molar-refractivity contribution in [3.63, 3.8) is 0 Å². The van der Waals surface area contributed by atoms with Gasteiger partial charge in [-0.2, -0.15) is 0 Å². The van der Waals surface area contributed by atoms with Crippen LogP contribution in [0.25, 0.3) is 0 Å². The van der Waals surface area contributed by atoms with Gasteiger partial charge < -0.3 is 29.4 Å². The topological polar surface area (TPSA) is 158 Å². The number of carbonyl (C=O) groups excluding carboxylic acids is 5. The number of hydrogen-bond donors (Lipinski definition) is 1. The van der Waals surface area contributed by atoms with E-state index in [-0.39, 0.29) is 0 Å². The fourth-order valence-electron chi connectivity index (χ4n) is 2.46. The van der Waals surface area contributed by atoms with Crippen LogP contribution >= 0.6 is 0 Å². The molecule has 5 atom stereocenters. The van der Waals surface area contributed by atoms with Crippen LogP contribution in [0, 0.1) is 0 Å². The molecule has 0 unspecified atom stereocenters. The molecular formula is C15H21NO10. The van der Waals surface area contributed by atoms with Gasteiger partial charge in [-0.3, -0.25) is 24.0 Å². The van der Waals surface area contributed by atoms with E-state index in [9.17, 15) is 24.0 Å². The van der Waals surface area contributed by atoms with Gasteiger partial charge in [0.2, 0.25) is 0 Å². The summed E-state index contributed by atoms with van der Waals surface area (Å²) in [4.78, 5) is 57.1. The van der Waals surface area contributed by atoms with Crippen molar-refractivity contribution < 1.29 is 47.7 Å². The standard InChI is InChI=1S/C15H21NO10/c1-6(17)22-5-10-11(23-7(2)18)12(24-8(3)19)13(25-9(4)20)14(26-10)15(16)21/h10-14H,5H2,1-4H3,(H2,16,21)/t10-,11-,12+,13+,14-/m1/s1. The number of rotatable bonds is 6. The molecule has 0 spiro atoms. The van der Waals surface area contributed by atoms with E-state index < -0.39 is 66.9 Å². The molecule has 0 aliphatic carbocycles. The molecule has 1 aliphatic rings. The maximum absolute atomic E-state index is 11.7. The Morgan fingerprint density at radius 2 is 1.23 bits per heavy atom. The molecule has 26 heavy (non-hydrogen) atoms. The molecule has 146 valence electrons. The normalized spacial score (nSPS) is 27.8. The van der Waals surface area contributed by atoms with Gasteiger partial charge in [-0.05, 0) is 0 Å². The van der Waals surface area contributed by atoms with Gasteiger partial charge in [0.05, 0.1) is 0 Å². The summed E-state index contributed by atoms with van der Waals surface area (Å²) in [5.41, 5.74) is 5.28. The van der Waals surface area contributed by atoms with Crippen LogP contribution in [0.2, 0.25) is 0 Å². The van der Waals surface area contributed by atoms with E-state index in [4.69, 9.17) is 29.4 Å². The highest BCUT2D eigenvalue weighted by Gasteiger charge is 2.53. The third-order valence-corrected chi connectivity index (χ3v) is 3.27. The number of esters is 4. The van der Waals surface area contributed by atoms with Crippen LogP contribution in [0.3, 0.4) is 0 Å². The summed E-state index contributed by atoms with van der Waals surface area (Å²) in [7, 11) is 0. The second-order valence-corrected chi connectivity index (χ2v) is 5.52. The molecule has 1 heterocycles. The summed E-state index contributed by atoms with van der Waals surface area (Å²) < 4.78 is 25.5. The summed E-state index contributed by atoms with van der Waals surface area (Å²) in [6.07, 6.45) is -6.86. The molecule has 1 fully saturated rings. The van der Waals surface area contributed by atoms with Gasteiger partial charge in [0.25, 0.3) is 5.91 Å². The second-order valence-electron chi connectivity index (χ2n) is 5.52. The molecule has 1 rings (SSSR count). The van der Waals surface area contributed by atoms with Crippen molar-refractivity contribution in [1.82, 2.24) is 0 Å². The van der Waals surface area contributed by atoms with E-state index in [0.29, 0.717) is 0 Å². The van der Waals surface area contributed by atoms with E-state index in [1.165, 1.54) is 0 Å². The lowest BCUT2D eigenvalue weighted by Crippen LogP contribution is -2.65. The van der Waals surface area contributed by atoms with E-state index in [1.54, 1.807) is 0 Å². The van der Waals surface area contributed by atoms with Crippen LogP contribution in [0.4, 0.5) is 0 Å². The third kappa shape index (κ3) is 5.99. The Morgan fingerprint density at radius 1 is 0.769 bits per heavy atom. The van der Waals surface area contributed by atoms with Gasteiger partial charge in [-0.25, -0.2) is 0 Å². The summed E-state index contributed by atoms with van der Waals surface area (Å²) >= 11 is 0. The smallest absolute Gasteiger partial charge is 0.303 e. The minimum atomic E-state index is -1.52. The highest BCUT2D eigenvalue weighted by atomic mass is 16.7. The van der Waals surface area contributed by atoms with Gasteiger partial charge in [-0.15, -0.1) is 0 Å². The Labute approximate surface area is 149 Å². The predicted octanol–water partition coefficient (Wildman–Crippen LogP) is -1.40. The fourth-order valence-corrected chi connectivity index (χ4v) is 2.46. The first-order chi connectivity index (χ1) is 12.0. The van der Waals surface area contributed by atoms with Gasteiger partial charge in [0, 0.05) is 27.7 Å². The molecule has 0 saturated carbocycles. The number of primary amides is 1. The van der Waals surface area contributed by atoms with Crippen molar-refractivity contribution in [1.29, 1.82) is 0 Å². The number of nitrogens with two attached hydrogens (primary N) is 1. The number of amides is 1. The SMILES string of the molecule is CC(=O)OC[C@H]1O[C@@H](C(N)=O)[C@@H](OC(C)=O)[C@@H](OC(C)=O)[C@@H]1OC(C)=O. The Kier molecular flexibility index (Phi) is 7.50. The molecule has 11 heteroatoms. The number of hydrogen-bond acceptors (Lipinski definition) is 10. The van der Waals surface area contributed by atoms with Crippen molar-refractivity contribution in [2.45, 2.75) is 58.2 Å². The van der Waals surface area contributed by atoms with E-state index >= 15 is 0 Å². The lowest BCUT2D eigenvalue weighted by atomic mass is 9.93. The minimum absolute atomic E-state index is 0.415. The largest absolute Gasteiger partial charge is 0.463 e. The zero-order valence-electron chi connectivity index (χ0n) is 14.8. The molecule has 0 aromatic rings. The van der Waals surface area contributed by atoms with Crippen molar-refractivity contribution in [2.24, 2.45) is 5.73 Å². The van der Waals surface area contributed by atoms with Crippen LogP contribution in [-0.2, 0) is 47.7 Å². The summed E-state index contributed by atoms with van der Waals surface area (Å²) in [6.45, 7) is 3.96. The molecule has 0 radical (unpaired) electrons. The molecule has 0 aromatic carbocycles. The Hall–Kier alpha value is -2.69. The average Bonchev–Trinajstić information content (AvgIpc) is 2.47. The van der Waals surface area contributed by atoms with Gasteiger partial charge in [0.1, 0.15) is 12.7 Å². The van der Waals surface area contributed by atoms with Crippen LogP contribution in [-0.4, -0.2) is 66.9 Å². The van der Waals surface area contributed by atoms with Crippen molar-refractivity contribution in [2.75, 3.05) is 6.61 Å². The van der Waals surface area contributed by atoms with Crippen LogP contribution in [0.1, 0.15) is 27.7 Å². The average molecular weight is 375 g/mol. The van der Waals surface area contributed by atoms with E-state index in [0.717, 1.165) is 27.7 Å². The molecule has 0 bridgehead atoms. The second kappa shape index (κ2) is 9.13. The van der Waals surface area contributed by atoms with E-state index in [2.05, 4.69) is 0 Å². The van der Waals surface area contributed by atoms with Crippen LogP contribution in [0.5, 0.6) is 0 Å². The summed E-state index contributed by atoms with van der Waals surface area (Å²) in [6, 6.07) is 0. The Balaban J connectivity index is 3.29. The van der Waals surface area contributed by atoms with Crippen LogP contribution < -0.4 is 5.73 Å². The highest BCUT2D eigenvalue weighted by Crippen LogP contribution is 2.29. The molecular weight excluding hydrogens is 354 g/mol. The Bertz CT molecular complexity index is 589. The molecule has 11 nitrogen and oxygen atoms in total. The minimum Gasteiger partial charge on any atom is -0.463 e. The number of ether oxygens (including phenoxy) is 5. The van der Waals surface area contributed by atoms with Crippen molar-refractivity contribution >= 4 is 29.8 Å². The van der Waals surface area contributed by atoms with E-state index in [1.807, 2.05) is 0 Å². The molecule has 1 saturated heterocycles. The highest BCUT2D eigenvalue weighted by molar-refractivity contribution is 5.81. The number of carbonyl (C=O) groups is 5. The maximum Gasteiger partial charge on any atom is 0.303 e. The predicted molar refractivity (Wildman–Crippen MR) is 81.2 cm³/mol. The summed E-state index contributed by atoms with van der Waals surface area (Å²) in [5.74, 6) is -4.02. The van der Waals surface area contributed by atoms with Gasteiger partial charge in [-0.1, -0.05) is 0 Å². The van der Waals surface area contributed by atoms with Crippen molar-refractivity contribution in [3.05, 3.63) is 0 Å². The molecule has 2 N–H and O–H groups in total. The van der Waals surface area contributed by atoms with Crippen molar-refractivity contribution in [3.8, 4) is 0 Å². The molecule has 1 amide bonds. The zero-order chi connectivity index (χ0) is 20.0. The zero-order valence-corrected chi connectivity index (χ0v) is 14.8. The third-order valence-electron chi connectivity index (χ3n) is 3.27. The first-order valence-corrected chi connectivity index (χ1v) is 7.62. The van der Waals surface area contributed by atoms with Gasteiger partial charge in [0.15, 0.2) is 24.4 Å². The maximum atomic E-state index is 11.7. The Morgan fingerprint density at radius 3 is 1.65 bits per heavy atom.